The number of amides is 1. The SMILES string of the molecule is CCNc1c(C)ncnc1N1C=C(CCCOC(C)Cc2nc(C)c(NCC)c(N3C=C(C(=O)N4CCNCC4)SCC3)n2)SCC1. The summed E-state index contributed by atoms with van der Waals surface area (Å²) in [6.07, 6.45) is 8.35. The van der Waals surface area contributed by atoms with E-state index in [9.17, 15) is 4.79 Å². The molecule has 0 aliphatic carbocycles. The summed E-state index contributed by atoms with van der Waals surface area (Å²) in [5.41, 5.74) is 3.80. The Balaban J connectivity index is 1.19. The molecule has 2 aromatic heterocycles. The van der Waals surface area contributed by atoms with Gasteiger partial charge in [-0.3, -0.25) is 4.79 Å². The van der Waals surface area contributed by atoms with Gasteiger partial charge in [0, 0.05) is 94.2 Å². The Hall–Kier alpha value is -3.07. The van der Waals surface area contributed by atoms with Crippen LogP contribution in [0.5, 0.6) is 0 Å². The first-order valence-corrected chi connectivity index (χ1v) is 18.8. The van der Waals surface area contributed by atoms with Gasteiger partial charge in [0.25, 0.3) is 5.91 Å². The number of hydrogen-bond acceptors (Lipinski definition) is 13. The molecule has 0 radical (unpaired) electrons. The molecule has 0 spiro atoms. The van der Waals surface area contributed by atoms with E-state index in [0.29, 0.717) is 13.0 Å². The molecule has 0 saturated carbocycles. The number of anilines is 4. The van der Waals surface area contributed by atoms with Crippen molar-refractivity contribution in [1.82, 2.24) is 30.2 Å². The zero-order valence-electron chi connectivity index (χ0n) is 28.5. The number of thioether (sulfide) groups is 2. The van der Waals surface area contributed by atoms with Crippen LogP contribution in [0, 0.1) is 13.8 Å². The summed E-state index contributed by atoms with van der Waals surface area (Å²) in [5.74, 6) is 4.49. The summed E-state index contributed by atoms with van der Waals surface area (Å²) >= 11 is 3.55. The third kappa shape index (κ3) is 9.30. The van der Waals surface area contributed by atoms with E-state index in [1.54, 1.807) is 18.1 Å². The van der Waals surface area contributed by atoms with Crippen LogP contribution in [-0.4, -0.2) is 107 Å². The highest BCUT2D eigenvalue weighted by atomic mass is 32.2. The fourth-order valence-corrected chi connectivity index (χ4v) is 7.87. The smallest absolute Gasteiger partial charge is 0.261 e. The van der Waals surface area contributed by atoms with Crippen molar-refractivity contribution in [2.45, 2.75) is 60.0 Å². The van der Waals surface area contributed by atoms with Crippen molar-refractivity contribution in [1.29, 1.82) is 0 Å². The minimum absolute atomic E-state index is 0.0271. The van der Waals surface area contributed by atoms with Crippen LogP contribution in [0.25, 0.3) is 0 Å². The summed E-state index contributed by atoms with van der Waals surface area (Å²) < 4.78 is 6.27. The van der Waals surface area contributed by atoms with Crippen LogP contribution in [0.1, 0.15) is 50.8 Å². The third-order valence-electron chi connectivity index (χ3n) is 8.22. The van der Waals surface area contributed by atoms with Gasteiger partial charge in [0.05, 0.1) is 33.8 Å². The summed E-state index contributed by atoms with van der Waals surface area (Å²) in [6, 6.07) is 0. The van der Waals surface area contributed by atoms with Crippen molar-refractivity contribution < 1.29 is 9.53 Å². The summed E-state index contributed by atoms with van der Waals surface area (Å²) in [6.45, 7) is 17.4. The topological polar surface area (TPSA) is 124 Å². The molecule has 5 heterocycles. The Kier molecular flexibility index (Phi) is 13.0. The van der Waals surface area contributed by atoms with E-state index in [1.165, 1.54) is 4.91 Å². The molecule has 1 fully saturated rings. The van der Waals surface area contributed by atoms with E-state index in [-0.39, 0.29) is 12.0 Å². The first-order chi connectivity index (χ1) is 22.9. The number of rotatable bonds is 14. The lowest BCUT2D eigenvalue weighted by atomic mass is 10.2. The number of hydrogen-bond donors (Lipinski definition) is 3. The normalized spacial score (nSPS) is 17.7. The van der Waals surface area contributed by atoms with Crippen molar-refractivity contribution in [2.24, 2.45) is 0 Å². The van der Waals surface area contributed by atoms with E-state index in [2.05, 4.69) is 62.7 Å². The largest absolute Gasteiger partial charge is 0.381 e. The second kappa shape index (κ2) is 17.4. The molecule has 1 saturated heterocycles. The molecule has 1 unspecified atom stereocenters. The summed E-state index contributed by atoms with van der Waals surface area (Å²) in [4.78, 5) is 40.6. The lowest BCUT2D eigenvalue weighted by Crippen LogP contribution is -2.47. The van der Waals surface area contributed by atoms with Crippen molar-refractivity contribution in [2.75, 3.05) is 90.9 Å². The Morgan fingerprint density at radius 2 is 1.64 bits per heavy atom. The van der Waals surface area contributed by atoms with Crippen molar-refractivity contribution in [3.63, 3.8) is 0 Å². The molecule has 47 heavy (non-hydrogen) atoms. The van der Waals surface area contributed by atoms with Gasteiger partial charge >= 0.3 is 0 Å². The van der Waals surface area contributed by atoms with Crippen LogP contribution in [-0.2, 0) is 16.0 Å². The zero-order chi connectivity index (χ0) is 33.2. The first-order valence-electron chi connectivity index (χ1n) is 16.9. The standard InChI is InChI=1S/C33H50N10O2S2/c1-6-35-29-24(4)37-22-38-31(29)42-14-17-46-26(20-42)9-8-16-45-23(3)19-28-39-25(5)30(36-7-2)32(40-28)43-15-18-47-27(21-43)33(44)41-12-10-34-11-13-41/h20-23,34-36H,6-19H2,1-5H3. The number of nitrogens with one attached hydrogen (secondary N) is 3. The van der Waals surface area contributed by atoms with E-state index >= 15 is 0 Å². The molecule has 5 rings (SSSR count). The highest BCUT2D eigenvalue weighted by Crippen LogP contribution is 2.34. The summed E-state index contributed by atoms with van der Waals surface area (Å²) in [7, 11) is 0. The van der Waals surface area contributed by atoms with Crippen LogP contribution in [0.15, 0.2) is 28.5 Å². The molecule has 256 valence electrons. The van der Waals surface area contributed by atoms with Gasteiger partial charge in [-0.05, 0) is 47.5 Å². The average molecular weight is 683 g/mol. The molecular formula is C33H50N10O2S2. The number of aryl methyl sites for hydroxylation is 2. The molecule has 3 N–H and O–H groups in total. The lowest BCUT2D eigenvalue weighted by Gasteiger charge is -2.32. The second-order valence-corrected chi connectivity index (χ2v) is 14.2. The fraction of sp³-hybridized carbons (Fsp3) is 0.606. The van der Waals surface area contributed by atoms with Gasteiger partial charge < -0.3 is 35.4 Å². The quantitative estimate of drug-likeness (QED) is 0.244. The van der Waals surface area contributed by atoms with E-state index in [1.807, 2.05) is 36.7 Å². The fourth-order valence-electron chi connectivity index (χ4n) is 5.87. The van der Waals surface area contributed by atoms with E-state index < -0.39 is 0 Å². The van der Waals surface area contributed by atoms with Gasteiger partial charge in [-0.2, -0.15) is 0 Å². The van der Waals surface area contributed by atoms with Crippen LogP contribution < -0.4 is 25.8 Å². The van der Waals surface area contributed by atoms with E-state index in [0.717, 1.165) is 122 Å². The minimum atomic E-state index is -0.0271. The average Bonchev–Trinajstić information content (AvgIpc) is 3.09. The number of ether oxygens (including phenoxy) is 1. The van der Waals surface area contributed by atoms with Crippen LogP contribution in [0.3, 0.4) is 0 Å². The number of piperazine rings is 1. The molecular weight excluding hydrogens is 633 g/mol. The Bertz CT molecular complexity index is 1430. The van der Waals surface area contributed by atoms with Crippen molar-refractivity contribution in [3.8, 4) is 0 Å². The highest BCUT2D eigenvalue weighted by molar-refractivity contribution is 8.04. The number of carbonyl (C=O) groups excluding carboxylic acids is 1. The maximum atomic E-state index is 13.3. The molecule has 2 aromatic rings. The monoisotopic (exact) mass is 682 g/mol. The number of nitrogens with zero attached hydrogens (tertiary/aromatic N) is 7. The van der Waals surface area contributed by atoms with Gasteiger partial charge in [-0.15, -0.1) is 23.5 Å². The first kappa shape index (κ1) is 35.2. The number of carbonyl (C=O) groups is 1. The van der Waals surface area contributed by atoms with Gasteiger partial charge in [0.1, 0.15) is 12.2 Å². The van der Waals surface area contributed by atoms with Crippen LogP contribution >= 0.6 is 23.5 Å². The predicted molar refractivity (Wildman–Crippen MR) is 195 cm³/mol. The minimum Gasteiger partial charge on any atom is -0.381 e. The maximum absolute atomic E-state index is 13.3. The third-order valence-corrected chi connectivity index (χ3v) is 10.3. The molecule has 3 aliphatic rings. The molecule has 1 amide bonds. The second-order valence-electron chi connectivity index (χ2n) is 11.8. The van der Waals surface area contributed by atoms with Crippen molar-refractivity contribution >= 4 is 52.4 Å². The molecule has 3 aliphatic heterocycles. The van der Waals surface area contributed by atoms with Gasteiger partial charge in [0.2, 0.25) is 0 Å². The molecule has 0 bridgehead atoms. The maximum Gasteiger partial charge on any atom is 0.261 e. The highest BCUT2D eigenvalue weighted by Gasteiger charge is 2.27. The van der Waals surface area contributed by atoms with Gasteiger partial charge in [-0.1, -0.05) is 0 Å². The van der Waals surface area contributed by atoms with Crippen molar-refractivity contribution in [3.05, 3.63) is 45.7 Å². The molecule has 0 aromatic carbocycles. The Labute approximate surface area is 288 Å². The van der Waals surface area contributed by atoms with Gasteiger partial charge in [0.15, 0.2) is 11.6 Å². The number of allylic oxidation sites excluding steroid dienone is 1. The summed E-state index contributed by atoms with van der Waals surface area (Å²) in [5, 5.41) is 10.2. The predicted octanol–water partition coefficient (Wildman–Crippen LogP) is 4.40. The lowest BCUT2D eigenvalue weighted by molar-refractivity contribution is -0.126. The Morgan fingerprint density at radius 1 is 0.936 bits per heavy atom. The van der Waals surface area contributed by atoms with Crippen LogP contribution in [0.2, 0.25) is 0 Å². The van der Waals surface area contributed by atoms with E-state index in [4.69, 9.17) is 14.7 Å². The zero-order valence-corrected chi connectivity index (χ0v) is 30.1. The number of aromatic nitrogens is 4. The Morgan fingerprint density at radius 3 is 2.38 bits per heavy atom. The molecule has 14 heteroatoms. The molecule has 12 nitrogen and oxygen atoms in total. The molecule has 1 atom stereocenters. The van der Waals surface area contributed by atoms with Gasteiger partial charge in [-0.25, -0.2) is 19.9 Å². The van der Waals surface area contributed by atoms with Crippen LogP contribution in [0.4, 0.5) is 23.0 Å².